The van der Waals surface area contributed by atoms with Gasteiger partial charge in [0, 0.05) is 5.57 Å². The van der Waals surface area contributed by atoms with Gasteiger partial charge in [-0.25, -0.2) is 14.8 Å². The van der Waals surface area contributed by atoms with E-state index in [0.29, 0.717) is 0 Å². The fraction of sp³-hybridized carbons (Fsp3) is 0.500. The number of rotatable bonds is 8. The van der Waals surface area contributed by atoms with E-state index in [4.69, 9.17) is 5.26 Å². The fourth-order valence-electron chi connectivity index (χ4n) is 0.568. The first kappa shape index (κ1) is 16.8. The summed E-state index contributed by atoms with van der Waals surface area (Å²) in [5, 5.41) is 6.48. The van der Waals surface area contributed by atoms with Crippen molar-refractivity contribution in [2.24, 2.45) is 0 Å². The third-order valence-electron chi connectivity index (χ3n) is 1.30. The van der Waals surface area contributed by atoms with E-state index in [9.17, 15) is 18.4 Å². The SMILES string of the molecule is C=C(C)C(=O)OCCOC(=O)C(F)(F)SOOO. The van der Waals surface area contributed by atoms with Crippen LogP contribution in [0.4, 0.5) is 8.78 Å². The first-order valence-electron chi connectivity index (χ1n) is 4.35. The van der Waals surface area contributed by atoms with Crippen LogP contribution in [-0.4, -0.2) is 35.7 Å². The van der Waals surface area contributed by atoms with Crippen molar-refractivity contribution in [1.29, 1.82) is 0 Å². The number of hydrogen-bond donors (Lipinski definition) is 1. The average Bonchev–Trinajstić information content (AvgIpc) is 2.31. The average molecular weight is 288 g/mol. The summed E-state index contributed by atoms with van der Waals surface area (Å²) in [5.41, 5.74) is 0.121. The quantitative estimate of drug-likeness (QED) is 0.178. The molecule has 1 N–H and O–H groups in total. The molecule has 0 heterocycles. The lowest BCUT2D eigenvalue weighted by Gasteiger charge is -2.12. The maximum Gasteiger partial charge on any atom is 0.415 e. The third kappa shape index (κ3) is 6.49. The number of carbonyl (C=O) groups is 2. The molecule has 0 atom stereocenters. The van der Waals surface area contributed by atoms with Crippen LogP contribution in [-0.2, 0) is 28.4 Å². The summed E-state index contributed by atoms with van der Waals surface area (Å²) in [6.07, 6.45) is 0. The van der Waals surface area contributed by atoms with Crippen LogP contribution in [0, 0.1) is 0 Å². The summed E-state index contributed by atoms with van der Waals surface area (Å²) in [6, 6.07) is 0. The highest BCUT2D eigenvalue weighted by atomic mass is 32.2. The van der Waals surface area contributed by atoms with Crippen LogP contribution in [0.5, 0.6) is 0 Å². The lowest BCUT2D eigenvalue weighted by Crippen LogP contribution is -2.28. The predicted octanol–water partition coefficient (Wildman–Crippen LogP) is 1.31. The minimum atomic E-state index is -4.07. The molecule has 0 unspecified atom stereocenters. The molecule has 0 saturated carbocycles. The number of halogens is 2. The Labute approximate surface area is 105 Å². The minimum absolute atomic E-state index is 0.121. The van der Waals surface area contributed by atoms with Gasteiger partial charge in [-0.05, 0) is 6.92 Å². The molecular formula is C8H10F2O7S. The summed E-state index contributed by atoms with van der Waals surface area (Å²) < 4.78 is 37.5. The number of alkyl halides is 2. The normalized spacial score (nSPS) is 10.9. The Morgan fingerprint density at radius 3 is 2.39 bits per heavy atom. The molecule has 104 valence electrons. The van der Waals surface area contributed by atoms with Gasteiger partial charge in [-0.3, -0.25) is 0 Å². The molecule has 7 nitrogen and oxygen atoms in total. The van der Waals surface area contributed by atoms with Crippen molar-refractivity contribution in [2.45, 2.75) is 12.2 Å². The van der Waals surface area contributed by atoms with E-state index < -0.39 is 42.4 Å². The minimum Gasteiger partial charge on any atom is -0.459 e. The van der Waals surface area contributed by atoms with Crippen molar-refractivity contribution in [3.05, 3.63) is 12.2 Å². The lowest BCUT2D eigenvalue weighted by molar-refractivity contribution is -0.433. The number of ether oxygens (including phenoxy) is 2. The van der Waals surface area contributed by atoms with Crippen LogP contribution in [0.1, 0.15) is 6.92 Å². The lowest BCUT2D eigenvalue weighted by atomic mass is 10.4. The molecule has 0 aliphatic heterocycles. The van der Waals surface area contributed by atoms with Crippen LogP contribution in [0.2, 0.25) is 0 Å². The molecule has 0 aliphatic carbocycles. The smallest absolute Gasteiger partial charge is 0.415 e. The Morgan fingerprint density at radius 2 is 1.89 bits per heavy atom. The summed E-state index contributed by atoms with van der Waals surface area (Å²) in [7, 11) is 0. The molecule has 10 heteroatoms. The number of hydrogen-bond acceptors (Lipinski definition) is 8. The monoisotopic (exact) mass is 288 g/mol. The molecule has 0 fully saturated rings. The molecule has 0 rings (SSSR count). The Hall–Kier alpha value is -1.23. The fourth-order valence-corrected chi connectivity index (χ4v) is 0.811. The van der Waals surface area contributed by atoms with E-state index in [2.05, 4.69) is 25.4 Å². The van der Waals surface area contributed by atoms with Gasteiger partial charge in [-0.1, -0.05) is 11.6 Å². The molecule has 0 radical (unpaired) electrons. The van der Waals surface area contributed by atoms with Gasteiger partial charge in [0.05, 0.1) is 0 Å². The maximum atomic E-state index is 12.8. The number of carbonyl (C=O) groups excluding carboxylic acids is 2. The van der Waals surface area contributed by atoms with Crippen LogP contribution >= 0.6 is 12.0 Å². The first-order valence-corrected chi connectivity index (χ1v) is 5.09. The molecule has 0 bridgehead atoms. The highest BCUT2D eigenvalue weighted by molar-refractivity contribution is 7.96. The highest BCUT2D eigenvalue weighted by Gasteiger charge is 2.44. The van der Waals surface area contributed by atoms with Gasteiger partial charge in [0.25, 0.3) is 0 Å². The zero-order valence-electron chi connectivity index (χ0n) is 9.18. The summed E-state index contributed by atoms with van der Waals surface area (Å²) in [6.45, 7) is 3.72. The highest BCUT2D eigenvalue weighted by Crippen LogP contribution is 2.31. The van der Waals surface area contributed by atoms with Crippen molar-refractivity contribution in [3.63, 3.8) is 0 Å². The zero-order chi connectivity index (χ0) is 14.2. The van der Waals surface area contributed by atoms with Crippen LogP contribution < -0.4 is 0 Å². The van der Waals surface area contributed by atoms with E-state index in [1.54, 1.807) is 0 Å². The van der Waals surface area contributed by atoms with Gasteiger partial charge in [0.15, 0.2) is 0 Å². The molecule has 0 aromatic carbocycles. The Morgan fingerprint density at radius 1 is 1.33 bits per heavy atom. The van der Waals surface area contributed by atoms with Crippen molar-refractivity contribution in [3.8, 4) is 0 Å². The summed E-state index contributed by atoms with van der Waals surface area (Å²) >= 11 is -0.746. The second kappa shape index (κ2) is 7.97. The molecule has 0 amide bonds. The Kier molecular flexibility index (Phi) is 7.43. The summed E-state index contributed by atoms with van der Waals surface area (Å²) in [5.74, 6) is -2.67. The van der Waals surface area contributed by atoms with Gasteiger partial charge in [-0.2, -0.15) is 8.78 Å². The van der Waals surface area contributed by atoms with Crippen LogP contribution in [0.25, 0.3) is 0 Å². The molecule has 0 spiro atoms. The number of esters is 2. The standard InChI is InChI=1S/C8H10F2O7S/c1-5(2)6(11)14-3-4-15-7(12)8(9,10)18-17-16-13/h13H,1,3-4H2,2H3. The van der Waals surface area contributed by atoms with Crippen LogP contribution in [0.3, 0.4) is 0 Å². The van der Waals surface area contributed by atoms with E-state index in [1.165, 1.54) is 6.92 Å². The second-order valence-electron chi connectivity index (χ2n) is 2.79. The zero-order valence-corrected chi connectivity index (χ0v) is 10.00. The van der Waals surface area contributed by atoms with Crippen molar-refractivity contribution >= 4 is 24.0 Å². The van der Waals surface area contributed by atoms with E-state index in [0.717, 1.165) is 0 Å². The molecular weight excluding hydrogens is 278 g/mol. The Balaban J connectivity index is 3.89. The van der Waals surface area contributed by atoms with Crippen molar-refractivity contribution in [2.75, 3.05) is 13.2 Å². The van der Waals surface area contributed by atoms with Gasteiger partial charge < -0.3 is 9.47 Å². The first-order chi connectivity index (χ1) is 8.31. The van der Waals surface area contributed by atoms with Crippen LogP contribution in [0.15, 0.2) is 12.2 Å². The van der Waals surface area contributed by atoms with E-state index in [-0.39, 0.29) is 5.57 Å². The van der Waals surface area contributed by atoms with E-state index >= 15 is 0 Å². The second-order valence-corrected chi connectivity index (χ2v) is 3.61. The maximum absolute atomic E-state index is 12.8. The largest absolute Gasteiger partial charge is 0.459 e. The molecule has 0 aromatic heterocycles. The van der Waals surface area contributed by atoms with Gasteiger partial charge in [-0.15, -0.1) is 4.33 Å². The third-order valence-corrected chi connectivity index (χ3v) is 1.81. The molecule has 18 heavy (non-hydrogen) atoms. The molecule has 0 aliphatic rings. The predicted molar refractivity (Wildman–Crippen MR) is 54.1 cm³/mol. The van der Waals surface area contributed by atoms with Gasteiger partial charge >= 0.3 is 17.2 Å². The summed E-state index contributed by atoms with van der Waals surface area (Å²) in [4.78, 5) is 21.6. The van der Waals surface area contributed by atoms with Gasteiger partial charge in [0.1, 0.15) is 25.3 Å². The topological polar surface area (TPSA) is 91.3 Å². The molecule has 0 saturated heterocycles. The van der Waals surface area contributed by atoms with Crippen molar-refractivity contribution < 1.29 is 42.5 Å². The Bertz CT molecular complexity index is 321. The van der Waals surface area contributed by atoms with E-state index in [1.807, 2.05) is 0 Å². The van der Waals surface area contributed by atoms with Crippen molar-refractivity contribution in [1.82, 2.24) is 0 Å². The molecule has 0 aromatic rings. The van der Waals surface area contributed by atoms with Gasteiger partial charge in [0.2, 0.25) is 0 Å².